The van der Waals surface area contributed by atoms with Gasteiger partial charge in [0.1, 0.15) is 11.9 Å². The molecule has 0 aliphatic heterocycles. The lowest BCUT2D eigenvalue weighted by Gasteiger charge is -2.19. The van der Waals surface area contributed by atoms with Gasteiger partial charge in [-0.1, -0.05) is 60.7 Å². The Balaban J connectivity index is 1.36. The Morgan fingerprint density at radius 1 is 0.844 bits per heavy atom. The van der Waals surface area contributed by atoms with Gasteiger partial charge in [0.25, 0.3) is 5.91 Å². The fourth-order valence-electron chi connectivity index (χ4n) is 3.39. The Morgan fingerprint density at radius 2 is 1.53 bits per heavy atom. The molecule has 32 heavy (non-hydrogen) atoms. The van der Waals surface area contributed by atoms with E-state index < -0.39 is 6.04 Å². The molecule has 3 aromatic carbocycles. The van der Waals surface area contributed by atoms with Crippen molar-refractivity contribution in [3.8, 4) is 0 Å². The molecule has 4 rings (SSSR count). The summed E-state index contributed by atoms with van der Waals surface area (Å²) in [4.78, 5) is 25.6. The molecular formula is C25H24N4O2S. The van der Waals surface area contributed by atoms with Gasteiger partial charge in [-0.15, -0.1) is 0 Å². The van der Waals surface area contributed by atoms with E-state index in [1.165, 1.54) is 11.5 Å². The van der Waals surface area contributed by atoms with E-state index in [-0.39, 0.29) is 11.8 Å². The molecule has 1 heterocycles. The number of carbonyl (C=O) groups is 2. The van der Waals surface area contributed by atoms with Gasteiger partial charge in [-0.2, -0.15) is 4.37 Å². The van der Waals surface area contributed by atoms with Crippen molar-refractivity contribution in [2.24, 2.45) is 0 Å². The highest BCUT2D eigenvalue weighted by Gasteiger charge is 2.21. The summed E-state index contributed by atoms with van der Waals surface area (Å²) < 4.78 is 5.55. The smallest absolute Gasteiger partial charge is 0.251 e. The quantitative estimate of drug-likeness (QED) is 0.342. The van der Waals surface area contributed by atoms with Gasteiger partial charge in [0.2, 0.25) is 5.91 Å². The van der Waals surface area contributed by atoms with E-state index >= 15 is 0 Å². The van der Waals surface area contributed by atoms with E-state index in [1.807, 2.05) is 60.7 Å². The third-order valence-corrected chi connectivity index (χ3v) is 5.86. The molecule has 7 heteroatoms. The van der Waals surface area contributed by atoms with Crippen molar-refractivity contribution in [3.63, 3.8) is 0 Å². The van der Waals surface area contributed by atoms with Gasteiger partial charge in [0, 0.05) is 30.5 Å². The first kappa shape index (κ1) is 21.5. The molecule has 4 aromatic rings. The van der Waals surface area contributed by atoms with Crippen LogP contribution in [0.25, 0.3) is 10.1 Å². The van der Waals surface area contributed by atoms with Gasteiger partial charge < -0.3 is 16.0 Å². The number of nitrogens with zero attached hydrogens (tertiary/aromatic N) is 1. The van der Waals surface area contributed by atoms with Crippen molar-refractivity contribution < 1.29 is 9.59 Å². The fraction of sp³-hybridized carbons (Fsp3) is 0.160. The number of anilines is 1. The highest BCUT2D eigenvalue weighted by Crippen LogP contribution is 2.25. The molecular weight excluding hydrogens is 420 g/mol. The second-order valence-corrected chi connectivity index (χ2v) is 8.13. The SMILES string of the molecule is O=C(NC(Cc1ccccc1)C(=O)NCCNc1nsc2ccccc12)c1ccccc1. The summed E-state index contributed by atoms with van der Waals surface area (Å²) in [5.41, 5.74) is 1.50. The molecule has 0 spiro atoms. The first-order valence-electron chi connectivity index (χ1n) is 10.5. The van der Waals surface area contributed by atoms with Crippen LogP contribution in [0.5, 0.6) is 0 Å². The Labute approximate surface area is 190 Å². The van der Waals surface area contributed by atoms with Gasteiger partial charge in [-0.3, -0.25) is 9.59 Å². The van der Waals surface area contributed by atoms with Crippen molar-refractivity contribution in [1.82, 2.24) is 15.0 Å². The Hall–Kier alpha value is -3.71. The molecule has 0 saturated heterocycles. The van der Waals surface area contributed by atoms with E-state index in [0.717, 1.165) is 21.5 Å². The van der Waals surface area contributed by atoms with Crippen LogP contribution in [0.15, 0.2) is 84.9 Å². The highest BCUT2D eigenvalue weighted by atomic mass is 32.1. The topological polar surface area (TPSA) is 83.1 Å². The number of hydrogen-bond acceptors (Lipinski definition) is 5. The van der Waals surface area contributed by atoms with Gasteiger partial charge in [0.05, 0.1) is 4.70 Å². The second-order valence-electron chi connectivity index (χ2n) is 7.33. The maximum Gasteiger partial charge on any atom is 0.251 e. The summed E-state index contributed by atoms with van der Waals surface area (Å²) in [7, 11) is 0. The molecule has 2 amide bonds. The first-order chi connectivity index (χ1) is 15.7. The Morgan fingerprint density at radius 3 is 2.31 bits per heavy atom. The third-order valence-electron chi connectivity index (χ3n) is 5.03. The van der Waals surface area contributed by atoms with Crippen LogP contribution in [0.1, 0.15) is 15.9 Å². The summed E-state index contributed by atoms with van der Waals surface area (Å²) in [6.07, 6.45) is 0.412. The molecule has 1 aromatic heterocycles. The maximum absolute atomic E-state index is 12.9. The lowest BCUT2D eigenvalue weighted by Crippen LogP contribution is -2.48. The van der Waals surface area contributed by atoms with Crippen LogP contribution in [-0.2, 0) is 11.2 Å². The van der Waals surface area contributed by atoms with Crippen molar-refractivity contribution in [2.75, 3.05) is 18.4 Å². The lowest BCUT2D eigenvalue weighted by atomic mass is 10.0. The first-order valence-corrected chi connectivity index (χ1v) is 11.2. The Kier molecular flexibility index (Phi) is 7.09. The van der Waals surface area contributed by atoms with E-state index in [0.29, 0.717) is 25.1 Å². The average molecular weight is 445 g/mol. The predicted molar refractivity (Wildman–Crippen MR) is 129 cm³/mol. The van der Waals surface area contributed by atoms with E-state index in [2.05, 4.69) is 20.3 Å². The van der Waals surface area contributed by atoms with Crippen LogP contribution >= 0.6 is 11.5 Å². The van der Waals surface area contributed by atoms with Crippen LogP contribution in [0.2, 0.25) is 0 Å². The number of amides is 2. The summed E-state index contributed by atoms with van der Waals surface area (Å²) in [5.74, 6) is 0.329. The molecule has 0 bridgehead atoms. The largest absolute Gasteiger partial charge is 0.367 e. The van der Waals surface area contributed by atoms with Crippen LogP contribution in [-0.4, -0.2) is 35.3 Å². The summed E-state index contributed by atoms with van der Waals surface area (Å²) in [6, 6.07) is 25.9. The van der Waals surface area contributed by atoms with E-state index in [4.69, 9.17) is 0 Å². The minimum Gasteiger partial charge on any atom is -0.367 e. The summed E-state index contributed by atoms with van der Waals surface area (Å²) in [5, 5.41) is 10.2. The van der Waals surface area contributed by atoms with Gasteiger partial charge in [-0.05, 0) is 41.4 Å². The molecule has 0 aliphatic rings. The van der Waals surface area contributed by atoms with Crippen molar-refractivity contribution in [3.05, 3.63) is 96.1 Å². The van der Waals surface area contributed by atoms with Crippen LogP contribution in [0.3, 0.4) is 0 Å². The minimum absolute atomic E-state index is 0.219. The van der Waals surface area contributed by atoms with Gasteiger partial charge in [-0.25, -0.2) is 0 Å². The second kappa shape index (κ2) is 10.5. The van der Waals surface area contributed by atoms with Gasteiger partial charge >= 0.3 is 0 Å². The van der Waals surface area contributed by atoms with E-state index in [9.17, 15) is 9.59 Å². The number of rotatable bonds is 9. The minimum atomic E-state index is -0.676. The molecule has 0 saturated carbocycles. The summed E-state index contributed by atoms with van der Waals surface area (Å²) >= 11 is 1.44. The molecule has 6 nitrogen and oxygen atoms in total. The zero-order chi connectivity index (χ0) is 22.2. The Bertz CT molecular complexity index is 1180. The molecule has 162 valence electrons. The molecule has 1 unspecified atom stereocenters. The monoisotopic (exact) mass is 444 g/mol. The van der Waals surface area contributed by atoms with Crippen molar-refractivity contribution >= 4 is 39.3 Å². The van der Waals surface area contributed by atoms with Gasteiger partial charge in [0.15, 0.2) is 0 Å². The van der Waals surface area contributed by atoms with Crippen LogP contribution < -0.4 is 16.0 Å². The highest BCUT2D eigenvalue weighted by molar-refractivity contribution is 7.13. The number of benzene rings is 3. The number of nitrogens with one attached hydrogen (secondary N) is 3. The molecule has 0 radical (unpaired) electrons. The van der Waals surface area contributed by atoms with Crippen molar-refractivity contribution in [2.45, 2.75) is 12.5 Å². The number of carbonyl (C=O) groups excluding carboxylic acids is 2. The molecule has 0 aliphatic carbocycles. The fourth-order valence-corrected chi connectivity index (χ4v) is 4.15. The van der Waals surface area contributed by atoms with Crippen LogP contribution in [0, 0.1) is 0 Å². The molecule has 3 N–H and O–H groups in total. The van der Waals surface area contributed by atoms with Crippen molar-refractivity contribution in [1.29, 1.82) is 0 Å². The normalized spacial score (nSPS) is 11.6. The lowest BCUT2D eigenvalue weighted by molar-refractivity contribution is -0.122. The summed E-state index contributed by atoms with van der Waals surface area (Å²) in [6.45, 7) is 0.946. The molecule has 1 atom stereocenters. The van der Waals surface area contributed by atoms with Crippen LogP contribution in [0.4, 0.5) is 5.82 Å². The zero-order valence-electron chi connectivity index (χ0n) is 17.5. The standard InChI is InChI=1S/C25H24N4O2S/c30-24(19-11-5-2-6-12-19)28-21(17-18-9-3-1-4-10-18)25(31)27-16-15-26-23-20-13-7-8-14-22(20)32-29-23/h1-14,21H,15-17H2,(H,26,29)(H,27,31)(H,28,30). The third kappa shape index (κ3) is 5.50. The number of hydrogen-bond donors (Lipinski definition) is 3. The zero-order valence-corrected chi connectivity index (χ0v) is 18.3. The number of aromatic nitrogens is 1. The average Bonchev–Trinajstić information content (AvgIpc) is 3.25. The van der Waals surface area contributed by atoms with E-state index in [1.54, 1.807) is 24.3 Å². The predicted octanol–water partition coefficient (Wildman–Crippen LogP) is 3.87. The maximum atomic E-state index is 12.9. The number of fused-ring (bicyclic) bond motifs is 1. The molecule has 0 fully saturated rings.